The van der Waals surface area contributed by atoms with Gasteiger partial charge in [0.15, 0.2) is 18.1 Å². The van der Waals surface area contributed by atoms with Crippen LogP contribution in [0.4, 0.5) is 0 Å². The second kappa shape index (κ2) is 10.4. The monoisotopic (exact) mass is 369 g/mol. The molecule has 27 heavy (non-hydrogen) atoms. The van der Waals surface area contributed by atoms with Crippen LogP contribution in [-0.2, 0) is 11.2 Å². The SMILES string of the molecule is COc1cc(C=NN=C(N)N)ccc1OCC(=O)NCCc1ccccc1. The van der Waals surface area contributed by atoms with Crippen molar-refractivity contribution in [2.45, 2.75) is 6.42 Å². The second-order valence-electron chi connectivity index (χ2n) is 5.55. The highest BCUT2D eigenvalue weighted by Gasteiger charge is 2.08. The number of methoxy groups -OCH3 is 1. The third-order valence-electron chi connectivity index (χ3n) is 3.51. The number of amides is 1. The molecule has 0 spiro atoms. The van der Waals surface area contributed by atoms with Gasteiger partial charge in [-0.15, -0.1) is 5.10 Å². The smallest absolute Gasteiger partial charge is 0.257 e. The van der Waals surface area contributed by atoms with Crippen LogP contribution in [0.15, 0.2) is 58.7 Å². The first-order valence-corrected chi connectivity index (χ1v) is 8.32. The highest BCUT2D eigenvalue weighted by molar-refractivity contribution is 5.82. The van der Waals surface area contributed by atoms with Crippen LogP contribution in [0.5, 0.6) is 11.5 Å². The van der Waals surface area contributed by atoms with Crippen LogP contribution in [0.25, 0.3) is 0 Å². The number of benzene rings is 2. The number of nitrogens with one attached hydrogen (secondary N) is 1. The topological polar surface area (TPSA) is 124 Å². The molecule has 0 atom stereocenters. The molecular formula is C19H23N5O3. The van der Waals surface area contributed by atoms with E-state index in [1.165, 1.54) is 18.9 Å². The summed E-state index contributed by atoms with van der Waals surface area (Å²) in [6.45, 7) is 0.441. The Morgan fingerprint density at radius 3 is 2.63 bits per heavy atom. The summed E-state index contributed by atoms with van der Waals surface area (Å²) >= 11 is 0. The molecule has 0 saturated heterocycles. The predicted octanol–water partition coefficient (Wildman–Crippen LogP) is 1.04. The van der Waals surface area contributed by atoms with Gasteiger partial charge in [-0.1, -0.05) is 30.3 Å². The van der Waals surface area contributed by atoms with Crippen LogP contribution in [-0.4, -0.2) is 38.3 Å². The molecule has 2 aromatic rings. The zero-order chi connectivity index (χ0) is 19.5. The van der Waals surface area contributed by atoms with Gasteiger partial charge in [0, 0.05) is 6.54 Å². The molecule has 8 heteroatoms. The van der Waals surface area contributed by atoms with E-state index in [-0.39, 0.29) is 18.5 Å². The predicted molar refractivity (Wildman–Crippen MR) is 105 cm³/mol. The number of hydrogen-bond donors (Lipinski definition) is 3. The summed E-state index contributed by atoms with van der Waals surface area (Å²) in [5.74, 6) is 0.596. The number of nitrogens with zero attached hydrogens (tertiary/aromatic N) is 2. The van der Waals surface area contributed by atoms with E-state index < -0.39 is 0 Å². The van der Waals surface area contributed by atoms with Gasteiger partial charge in [-0.05, 0) is 35.7 Å². The summed E-state index contributed by atoms with van der Waals surface area (Å²) < 4.78 is 10.8. The van der Waals surface area contributed by atoms with E-state index >= 15 is 0 Å². The van der Waals surface area contributed by atoms with Crippen molar-refractivity contribution in [1.29, 1.82) is 0 Å². The lowest BCUT2D eigenvalue weighted by Gasteiger charge is -2.11. The van der Waals surface area contributed by atoms with Gasteiger partial charge in [0.05, 0.1) is 13.3 Å². The normalized spacial score (nSPS) is 10.4. The summed E-state index contributed by atoms with van der Waals surface area (Å²) in [4.78, 5) is 11.9. The van der Waals surface area contributed by atoms with Crippen molar-refractivity contribution in [1.82, 2.24) is 5.32 Å². The van der Waals surface area contributed by atoms with Gasteiger partial charge in [0.2, 0.25) is 5.96 Å². The maximum atomic E-state index is 11.9. The number of carbonyl (C=O) groups is 1. The number of guanidine groups is 1. The standard InChI is InChI=1S/C19H23N5O3/c1-26-17-11-15(12-23-24-19(20)21)7-8-16(17)27-13-18(25)22-10-9-14-5-3-2-4-6-14/h2-8,11-12H,9-10,13H2,1H3,(H,22,25)(H4,20,21,24). The molecule has 0 aromatic heterocycles. The Hall–Kier alpha value is -3.55. The maximum Gasteiger partial charge on any atom is 0.257 e. The van der Waals surface area contributed by atoms with Crippen LogP contribution < -0.4 is 26.3 Å². The van der Waals surface area contributed by atoms with E-state index in [2.05, 4.69) is 15.5 Å². The molecule has 0 heterocycles. The Morgan fingerprint density at radius 1 is 1.15 bits per heavy atom. The van der Waals surface area contributed by atoms with Gasteiger partial charge in [0.1, 0.15) is 0 Å². The summed E-state index contributed by atoms with van der Waals surface area (Å²) in [5.41, 5.74) is 12.3. The van der Waals surface area contributed by atoms with Gasteiger partial charge in [-0.3, -0.25) is 4.79 Å². The number of hydrogen-bond acceptors (Lipinski definition) is 5. The average Bonchev–Trinajstić information content (AvgIpc) is 2.67. The highest BCUT2D eigenvalue weighted by Crippen LogP contribution is 2.27. The van der Waals surface area contributed by atoms with Gasteiger partial charge < -0.3 is 26.3 Å². The number of carbonyl (C=O) groups excluding carboxylic acids is 1. The molecule has 0 saturated carbocycles. The minimum Gasteiger partial charge on any atom is -0.493 e. The Labute approximate surface area is 157 Å². The summed E-state index contributed by atoms with van der Waals surface area (Å²) in [6.07, 6.45) is 2.24. The first kappa shape index (κ1) is 19.8. The van der Waals surface area contributed by atoms with Crippen molar-refractivity contribution in [3.05, 3.63) is 59.7 Å². The van der Waals surface area contributed by atoms with E-state index in [1.54, 1.807) is 18.2 Å². The van der Waals surface area contributed by atoms with E-state index in [4.69, 9.17) is 20.9 Å². The summed E-state index contributed by atoms with van der Waals surface area (Å²) in [6, 6.07) is 15.1. The molecule has 0 aliphatic rings. The first-order valence-electron chi connectivity index (χ1n) is 8.32. The third-order valence-corrected chi connectivity index (χ3v) is 3.51. The fourth-order valence-electron chi connectivity index (χ4n) is 2.23. The van der Waals surface area contributed by atoms with Crippen molar-refractivity contribution < 1.29 is 14.3 Å². The number of ether oxygens (including phenoxy) is 2. The third kappa shape index (κ3) is 7.07. The maximum absolute atomic E-state index is 11.9. The summed E-state index contributed by atoms with van der Waals surface area (Å²) in [5, 5.41) is 10.1. The Morgan fingerprint density at radius 2 is 1.93 bits per heavy atom. The van der Waals surface area contributed by atoms with Gasteiger partial charge >= 0.3 is 0 Å². The zero-order valence-electron chi connectivity index (χ0n) is 15.1. The van der Waals surface area contributed by atoms with Gasteiger partial charge in [-0.2, -0.15) is 5.10 Å². The van der Waals surface area contributed by atoms with E-state index in [0.717, 1.165) is 12.0 Å². The molecule has 2 aromatic carbocycles. The van der Waals surface area contributed by atoms with Crippen molar-refractivity contribution in [3.8, 4) is 11.5 Å². The molecule has 1 amide bonds. The lowest BCUT2D eigenvalue weighted by Crippen LogP contribution is -2.30. The van der Waals surface area contributed by atoms with Crippen LogP contribution in [0.1, 0.15) is 11.1 Å². The largest absolute Gasteiger partial charge is 0.493 e. The lowest BCUT2D eigenvalue weighted by atomic mass is 10.1. The molecule has 8 nitrogen and oxygen atoms in total. The Kier molecular flexibility index (Phi) is 7.65. The van der Waals surface area contributed by atoms with Crippen molar-refractivity contribution in [3.63, 3.8) is 0 Å². The van der Waals surface area contributed by atoms with Crippen LogP contribution in [0, 0.1) is 0 Å². The van der Waals surface area contributed by atoms with Gasteiger partial charge in [0.25, 0.3) is 5.91 Å². The van der Waals surface area contributed by atoms with E-state index in [0.29, 0.717) is 18.0 Å². The second-order valence-corrected chi connectivity index (χ2v) is 5.55. The minimum atomic E-state index is -0.202. The molecule has 0 bridgehead atoms. The lowest BCUT2D eigenvalue weighted by molar-refractivity contribution is -0.123. The highest BCUT2D eigenvalue weighted by atomic mass is 16.5. The number of rotatable bonds is 9. The van der Waals surface area contributed by atoms with Crippen molar-refractivity contribution in [2.75, 3.05) is 20.3 Å². The molecule has 0 aliphatic carbocycles. The molecule has 2 rings (SSSR count). The molecule has 142 valence electrons. The van der Waals surface area contributed by atoms with Crippen LogP contribution >= 0.6 is 0 Å². The van der Waals surface area contributed by atoms with E-state index in [9.17, 15) is 4.79 Å². The number of nitrogens with two attached hydrogens (primary N) is 2. The van der Waals surface area contributed by atoms with Crippen molar-refractivity contribution in [2.24, 2.45) is 21.7 Å². The van der Waals surface area contributed by atoms with Crippen LogP contribution in [0.2, 0.25) is 0 Å². The fraction of sp³-hybridized carbons (Fsp3) is 0.211. The van der Waals surface area contributed by atoms with Gasteiger partial charge in [-0.25, -0.2) is 0 Å². The quantitative estimate of drug-likeness (QED) is 0.346. The molecule has 0 fully saturated rings. The Bertz CT molecular complexity index is 802. The Balaban J connectivity index is 1.84. The van der Waals surface area contributed by atoms with E-state index in [1.807, 2.05) is 30.3 Å². The van der Waals surface area contributed by atoms with Crippen molar-refractivity contribution >= 4 is 18.1 Å². The fourth-order valence-corrected chi connectivity index (χ4v) is 2.23. The molecule has 5 N–H and O–H groups in total. The van der Waals surface area contributed by atoms with Crippen LogP contribution in [0.3, 0.4) is 0 Å². The molecular weight excluding hydrogens is 346 g/mol. The molecule has 0 radical (unpaired) electrons. The molecule has 0 aliphatic heterocycles. The minimum absolute atomic E-state index is 0.105. The zero-order valence-corrected chi connectivity index (χ0v) is 15.1. The first-order chi connectivity index (χ1) is 13.1. The summed E-state index contributed by atoms with van der Waals surface area (Å²) in [7, 11) is 1.51. The average molecular weight is 369 g/mol. The molecule has 0 unspecified atom stereocenters.